The van der Waals surface area contributed by atoms with E-state index >= 15 is 0 Å². The molecule has 0 bridgehead atoms. The topological polar surface area (TPSA) is 37.3 Å². The number of halogens is 1. The molecule has 0 saturated carbocycles. The third-order valence-corrected chi connectivity index (χ3v) is 4.55. The van der Waals surface area contributed by atoms with Crippen molar-refractivity contribution in [2.24, 2.45) is 5.10 Å². The van der Waals surface area contributed by atoms with Crippen molar-refractivity contribution in [1.29, 1.82) is 0 Å². The molecule has 0 aliphatic carbocycles. The number of rotatable bonds is 2. The Kier molecular flexibility index (Phi) is 3.50. The molecule has 0 spiro atoms. The fourth-order valence-electron chi connectivity index (χ4n) is 3.02. The van der Waals surface area contributed by atoms with Crippen LogP contribution in [0.25, 0.3) is 10.9 Å². The number of hydrazone groups is 1. The quantitative estimate of drug-likeness (QED) is 0.698. The van der Waals surface area contributed by atoms with Gasteiger partial charge in [0.15, 0.2) is 0 Å². The Labute approximate surface area is 140 Å². The summed E-state index contributed by atoms with van der Waals surface area (Å²) in [7, 11) is 0. The van der Waals surface area contributed by atoms with Gasteiger partial charge in [-0.2, -0.15) is 5.10 Å². The van der Waals surface area contributed by atoms with Crippen LogP contribution in [0.1, 0.15) is 29.2 Å². The molecule has 2 aromatic carbocycles. The first-order chi connectivity index (χ1) is 11.2. The first-order valence-corrected chi connectivity index (χ1v) is 8.03. The molecule has 2 heterocycles. The van der Waals surface area contributed by atoms with Crippen molar-refractivity contribution in [3.63, 3.8) is 0 Å². The summed E-state index contributed by atoms with van der Waals surface area (Å²) < 4.78 is 0. The van der Waals surface area contributed by atoms with E-state index in [0.717, 1.165) is 34.2 Å². The number of aryl methyl sites for hydroxylation is 1. The van der Waals surface area contributed by atoms with Gasteiger partial charge >= 0.3 is 0 Å². The fourth-order valence-corrected chi connectivity index (χ4v) is 3.26. The number of nitrogens with one attached hydrogen (secondary N) is 1. The zero-order valence-corrected chi connectivity index (χ0v) is 13.5. The van der Waals surface area contributed by atoms with Gasteiger partial charge in [-0.1, -0.05) is 60.1 Å². The summed E-state index contributed by atoms with van der Waals surface area (Å²) in [5.41, 5.74) is 8.39. The predicted octanol–water partition coefficient (Wildman–Crippen LogP) is 4.64. The summed E-state index contributed by atoms with van der Waals surface area (Å²) in [6, 6.07) is 18.8. The summed E-state index contributed by atoms with van der Waals surface area (Å²) >= 11 is 6.43. The molecule has 114 valence electrons. The van der Waals surface area contributed by atoms with Crippen LogP contribution >= 0.6 is 11.6 Å². The van der Waals surface area contributed by atoms with Crippen LogP contribution in [-0.2, 0) is 0 Å². The zero-order valence-electron chi connectivity index (χ0n) is 12.8. The smallest absolute Gasteiger partial charge is 0.138 e. The number of hydrogen-bond donors (Lipinski definition) is 1. The van der Waals surface area contributed by atoms with E-state index in [0.29, 0.717) is 5.15 Å². The second-order valence-electron chi connectivity index (χ2n) is 5.83. The Hall–Kier alpha value is -2.39. The first-order valence-electron chi connectivity index (χ1n) is 7.65. The highest BCUT2D eigenvalue weighted by Gasteiger charge is 2.23. The number of para-hydroxylation sites is 1. The Morgan fingerprint density at radius 2 is 1.91 bits per heavy atom. The normalized spacial score (nSPS) is 17.1. The lowest BCUT2D eigenvalue weighted by Crippen LogP contribution is -2.09. The average Bonchev–Trinajstić information content (AvgIpc) is 3.06. The van der Waals surface area contributed by atoms with Gasteiger partial charge in [-0.25, -0.2) is 4.98 Å². The lowest BCUT2D eigenvalue weighted by Gasteiger charge is -2.10. The molecule has 1 aliphatic heterocycles. The molecule has 0 unspecified atom stereocenters. The second-order valence-corrected chi connectivity index (χ2v) is 6.19. The number of hydrogen-bond acceptors (Lipinski definition) is 3. The highest BCUT2D eigenvalue weighted by molar-refractivity contribution is 6.33. The minimum Gasteiger partial charge on any atom is -0.302 e. The van der Waals surface area contributed by atoms with Gasteiger partial charge in [0.1, 0.15) is 5.15 Å². The van der Waals surface area contributed by atoms with Crippen LogP contribution in [0.15, 0.2) is 59.7 Å². The fraction of sp³-hybridized carbons (Fsp3) is 0.158. The summed E-state index contributed by atoms with van der Waals surface area (Å²) in [5.74, 6) is 0. The standard InChI is InChI=1S/C19H16ClN3/c1-12-6-5-9-14-10-15(19(20)21-18(12)14)17-11-16(22-23-17)13-7-3-2-4-8-13/h2-10,16,22H,11H2,1H3/t16-/m1/s1. The van der Waals surface area contributed by atoms with Crippen molar-refractivity contribution in [3.8, 4) is 0 Å². The van der Waals surface area contributed by atoms with E-state index < -0.39 is 0 Å². The molecular weight excluding hydrogens is 306 g/mol. The van der Waals surface area contributed by atoms with Crippen LogP contribution in [0.3, 0.4) is 0 Å². The molecule has 3 aromatic rings. The molecule has 0 radical (unpaired) electrons. The van der Waals surface area contributed by atoms with Gasteiger partial charge in [-0.3, -0.25) is 0 Å². The number of nitrogens with zero attached hydrogens (tertiary/aromatic N) is 2. The SMILES string of the molecule is Cc1cccc2cc(C3=NN[C@@H](c4ccccc4)C3)c(Cl)nc12. The predicted molar refractivity (Wildman–Crippen MR) is 95.0 cm³/mol. The maximum Gasteiger partial charge on any atom is 0.138 e. The maximum atomic E-state index is 6.43. The van der Waals surface area contributed by atoms with Gasteiger partial charge in [0.2, 0.25) is 0 Å². The van der Waals surface area contributed by atoms with Crippen molar-refractivity contribution >= 4 is 28.2 Å². The largest absolute Gasteiger partial charge is 0.302 e. The summed E-state index contributed by atoms with van der Waals surface area (Å²) in [6.07, 6.45) is 0.808. The number of benzene rings is 2. The third-order valence-electron chi connectivity index (χ3n) is 4.27. The van der Waals surface area contributed by atoms with Gasteiger partial charge in [0, 0.05) is 17.4 Å². The number of pyridine rings is 1. The Morgan fingerprint density at radius 3 is 2.74 bits per heavy atom. The highest BCUT2D eigenvalue weighted by atomic mass is 35.5. The Balaban J connectivity index is 1.69. The van der Waals surface area contributed by atoms with E-state index in [1.54, 1.807) is 0 Å². The molecule has 4 rings (SSSR count). The monoisotopic (exact) mass is 321 g/mol. The van der Waals surface area contributed by atoms with Crippen LogP contribution in [-0.4, -0.2) is 10.7 Å². The number of fused-ring (bicyclic) bond motifs is 1. The van der Waals surface area contributed by atoms with Crippen molar-refractivity contribution < 1.29 is 0 Å². The molecule has 1 N–H and O–H groups in total. The van der Waals surface area contributed by atoms with Crippen molar-refractivity contribution in [1.82, 2.24) is 10.4 Å². The van der Waals surface area contributed by atoms with Crippen LogP contribution in [0.5, 0.6) is 0 Å². The van der Waals surface area contributed by atoms with Crippen LogP contribution in [0.2, 0.25) is 5.15 Å². The summed E-state index contributed by atoms with van der Waals surface area (Å²) in [4.78, 5) is 4.57. The van der Waals surface area contributed by atoms with Gasteiger partial charge in [-0.15, -0.1) is 0 Å². The minimum absolute atomic E-state index is 0.190. The van der Waals surface area contributed by atoms with Gasteiger partial charge in [0.25, 0.3) is 0 Å². The van der Waals surface area contributed by atoms with Crippen molar-refractivity contribution in [2.45, 2.75) is 19.4 Å². The van der Waals surface area contributed by atoms with E-state index in [1.807, 2.05) is 37.3 Å². The lowest BCUT2D eigenvalue weighted by molar-refractivity contribution is 0.620. The van der Waals surface area contributed by atoms with E-state index in [4.69, 9.17) is 11.6 Å². The van der Waals surface area contributed by atoms with Crippen LogP contribution < -0.4 is 5.43 Å². The molecule has 3 nitrogen and oxygen atoms in total. The summed E-state index contributed by atoms with van der Waals surface area (Å²) in [6.45, 7) is 2.05. The van der Waals surface area contributed by atoms with Crippen molar-refractivity contribution in [3.05, 3.63) is 76.4 Å². The van der Waals surface area contributed by atoms with Crippen LogP contribution in [0, 0.1) is 6.92 Å². The first kappa shape index (κ1) is 14.2. The zero-order chi connectivity index (χ0) is 15.8. The molecule has 1 atom stereocenters. The van der Waals surface area contributed by atoms with E-state index in [1.165, 1.54) is 5.56 Å². The molecule has 0 fully saturated rings. The molecule has 4 heteroatoms. The van der Waals surface area contributed by atoms with E-state index in [9.17, 15) is 0 Å². The van der Waals surface area contributed by atoms with Gasteiger partial charge in [-0.05, 0) is 24.1 Å². The molecule has 23 heavy (non-hydrogen) atoms. The molecule has 1 aromatic heterocycles. The maximum absolute atomic E-state index is 6.43. The molecular formula is C19H16ClN3. The van der Waals surface area contributed by atoms with E-state index in [2.05, 4.69) is 39.8 Å². The average molecular weight is 322 g/mol. The molecule has 0 amide bonds. The highest BCUT2D eigenvalue weighted by Crippen LogP contribution is 2.29. The Bertz CT molecular complexity index is 903. The number of aromatic nitrogens is 1. The van der Waals surface area contributed by atoms with Crippen molar-refractivity contribution in [2.75, 3.05) is 0 Å². The molecule has 1 aliphatic rings. The van der Waals surface area contributed by atoms with Gasteiger partial charge in [0.05, 0.1) is 17.3 Å². The Morgan fingerprint density at radius 1 is 1.09 bits per heavy atom. The minimum atomic E-state index is 0.190. The summed E-state index contributed by atoms with van der Waals surface area (Å²) in [5, 5.41) is 6.10. The third kappa shape index (κ3) is 2.57. The molecule has 0 saturated heterocycles. The van der Waals surface area contributed by atoms with Crippen LogP contribution in [0.4, 0.5) is 0 Å². The second kappa shape index (κ2) is 5.67. The van der Waals surface area contributed by atoms with Gasteiger partial charge < -0.3 is 5.43 Å². The van der Waals surface area contributed by atoms with E-state index in [-0.39, 0.29) is 6.04 Å². The lowest BCUT2D eigenvalue weighted by atomic mass is 9.99.